The molecule has 3 N–H and O–H groups in total. The zero-order valence-electron chi connectivity index (χ0n) is 24.0. The maximum atomic E-state index is 14.6. The summed E-state index contributed by atoms with van der Waals surface area (Å²) in [7, 11) is 0. The summed E-state index contributed by atoms with van der Waals surface area (Å²) in [5.74, 6) is -2.12. The molecule has 0 saturated carbocycles. The van der Waals surface area contributed by atoms with Crippen LogP contribution in [0.1, 0.15) is 26.7 Å². The van der Waals surface area contributed by atoms with E-state index in [0.29, 0.717) is 22.0 Å². The van der Waals surface area contributed by atoms with Gasteiger partial charge in [-0.15, -0.1) is 11.8 Å². The minimum atomic E-state index is -0.688. The van der Waals surface area contributed by atoms with E-state index in [1.807, 2.05) is 30.3 Å². The Balaban J connectivity index is 1.35. The number of rotatable bonds is 10. The Morgan fingerprint density at radius 2 is 1.39 bits per heavy atom. The van der Waals surface area contributed by atoms with Gasteiger partial charge in [-0.25, -0.2) is 4.39 Å². The van der Waals surface area contributed by atoms with E-state index in [1.165, 1.54) is 36.0 Å². The SMILES string of the molecule is O=C(Nc1ccc(SC(C(=O)Nc2cccc(Cl)c2)c2ccccc2)cc1)/C(=C/c1c(F)cccc1Cl)NC(=O)c1ccccc1. The van der Waals surface area contributed by atoms with Crippen LogP contribution in [0.25, 0.3) is 6.08 Å². The van der Waals surface area contributed by atoms with E-state index in [9.17, 15) is 18.8 Å². The first-order valence-electron chi connectivity index (χ1n) is 14.0. The van der Waals surface area contributed by atoms with Crippen LogP contribution in [0.5, 0.6) is 0 Å². The number of thioether (sulfide) groups is 1. The van der Waals surface area contributed by atoms with Gasteiger partial charge in [0.1, 0.15) is 16.8 Å². The van der Waals surface area contributed by atoms with E-state index in [-0.39, 0.29) is 22.2 Å². The van der Waals surface area contributed by atoms with Crippen molar-refractivity contribution in [3.05, 3.63) is 166 Å². The summed E-state index contributed by atoms with van der Waals surface area (Å²) in [5.41, 5.74) is 1.86. The maximum Gasteiger partial charge on any atom is 0.272 e. The average Bonchev–Trinajstić information content (AvgIpc) is 3.06. The molecule has 5 rings (SSSR count). The lowest BCUT2D eigenvalue weighted by atomic mass is 10.1. The summed E-state index contributed by atoms with van der Waals surface area (Å²) in [4.78, 5) is 40.5. The van der Waals surface area contributed by atoms with E-state index in [2.05, 4.69) is 16.0 Å². The lowest BCUT2D eigenvalue weighted by Gasteiger charge is -2.18. The molecule has 6 nitrogen and oxygen atoms in total. The molecular weight excluding hydrogens is 644 g/mol. The standard InChI is InChI=1S/C36H26Cl2FN3O3S/c37-25-13-7-14-27(21-25)41-36(45)33(23-9-3-1-4-10-23)46-28-19-17-26(18-20-28)40-35(44)32(22-29-30(38)15-8-16-31(29)39)42-34(43)24-11-5-2-6-12-24/h1-22,33H,(H,40,44)(H,41,45)(H,42,43)/b32-22-. The smallest absolute Gasteiger partial charge is 0.272 e. The van der Waals surface area contributed by atoms with Gasteiger partial charge >= 0.3 is 0 Å². The van der Waals surface area contributed by atoms with E-state index >= 15 is 0 Å². The van der Waals surface area contributed by atoms with Crippen molar-refractivity contribution in [1.29, 1.82) is 0 Å². The number of nitrogens with one attached hydrogen (secondary N) is 3. The Kier molecular flexibility index (Phi) is 10.9. The molecule has 5 aromatic rings. The van der Waals surface area contributed by atoms with Crippen molar-refractivity contribution in [2.24, 2.45) is 0 Å². The van der Waals surface area contributed by atoms with Gasteiger partial charge < -0.3 is 16.0 Å². The van der Waals surface area contributed by atoms with Gasteiger partial charge in [-0.3, -0.25) is 14.4 Å². The summed E-state index contributed by atoms with van der Waals surface area (Å²) >= 11 is 13.6. The quantitative estimate of drug-likeness (QED) is 0.102. The molecule has 230 valence electrons. The van der Waals surface area contributed by atoms with Crippen LogP contribution in [0.2, 0.25) is 10.0 Å². The number of anilines is 2. The molecule has 0 bridgehead atoms. The fourth-order valence-electron chi connectivity index (χ4n) is 4.36. The fraction of sp³-hybridized carbons (Fsp3) is 0.0278. The van der Waals surface area contributed by atoms with Crippen molar-refractivity contribution in [1.82, 2.24) is 5.32 Å². The molecule has 0 aromatic heterocycles. The first-order valence-corrected chi connectivity index (χ1v) is 15.6. The monoisotopic (exact) mass is 669 g/mol. The molecule has 1 atom stereocenters. The number of hydrogen-bond donors (Lipinski definition) is 3. The van der Waals surface area contributed by atoms with Crippen LogP contribution < -0.4 is 16.0 Å². The number of hydrogen-bond acceptors (Lipinski definition) is 4. The molecule has 46 heavy (non-hydrogen) atoms. The average molecular weight is 671 g/mol. The highest BCUT2D eigenvalue weighted by molar-refractivity contribution is 8.00. The van der Waals surface area contributed by atoms with Gasteiger partial charge in [-0.05, 0) is 78.4 Å². The lowest BCUT2D eigenvalue weighted by molar-refractivity contribution is -0.116. The zero-order chi connectivity index (χ0) is 32.5. The molecule has 0 spiro atoms. The van der Waals surface area contributed by atoms with E-state index in [0.717, 1.165) is 10.5 Å². The first kappa shape index (κ1) is 32.5. The Bertz CT molecular complexity index is 1870. The predicted octanol–water partition coefficient (Wildman–Crippen LogP) is 9.01. The van der Waals surface area contributed by atoms with Gasteiger partial charge in [0, 0.05) is 32.4 Å². The van der Waals surface area contributed by atoms with Crippen LogP contribution in [0.3, 0.4) is 0 Å². The fourth-order valence-corrected chi connectivity index (χ4v) is 5.79. The van der Waals surface area contributed by atoms with E-state index in [4.69, 9.17) is 23.2 Å². The second-order valence-corrected chi connectivity index (χ2v) is 11.9. The minimum Gasteiger partial charge on any atom is -0.325 e. The lowest BCUT2D eigenvalue weighted by Crippen LogP contribution is -2.30. The molecule has 0 radical (unpaired) electrons. The summed E-state index contributed by atoms with van der Waals surface area (Å²) in [6.45, 7) is 0. The third kappa shape index (κ3) is 8.63. The largest absolute Gasteiger partial charge is 0.325 e. The Labute approximate surface area is 279 Å². The summed E-state index contributed by atoms with van der Waals surface area (Å²) in [5, 5.41) is 8.24. The van der Waals surface area contributed by atoms with Crippen molar-refractivity contribution >= 4 is 70.1 Å². The van der Waals surface area contributed by atoms with Crippen LogP contribution in [-0.2, 0) is 9.59 Å². The summed E-state index contributed by atoms with van der Waals surface area (Å²) in [6.07, 6.45) is 1.20. The maximum absolute atomic E-state index is 14.6. The molecule has 5 aromatic carbocycles. The topological polar surface area (TPSA) is 87.3 Å². The van der Waals surface area contributed by atoms with Crippen LogP contribution in [0.15, 0.2) is 138 Å². The third-order valence-electron chi connectivity index (χ3n) is 6.62. The summed E-state index contributed by atoms with van der Waals surface area (Å²) in [6, 6.07) is 35.6. The Hall–Kier alpha value is -4.89. The van der Waals surface area contributed by atoms with Crippen molar-refractivity contribution in [2.75, 3.05) is 10.6 Å². The number of carbonyl (C=O) groups is 3. The van der Waals surface area contributed by atoms with Crippen LogP contribution >= 0.6 is 35.0 Å². The molecular formula is C36H26Cl2FN3O3S. The first-order chi connectivity index (χ1) is 22.3. The highest BCUT2D eigenvalue weighted by atomic mass is 35.5. The second-order valence-electron chi connectivity index (χ2n) is 9.90. The van der Waals surface area contributed by atoms with Gasteiger partial charge in [0.25, 0.3) is 11.8 Å². The minimum absolute atomic E-state index is 0.0440. The predicted molar refractivity (Wildman–Crippen MR) is 183 cm³/mol. The highest BCUT2D eigenvalue weighted by Gasteiger charge is 2.23. The molecule has 0 fully saturated rings. The molecule has 0 aliphatic carbocycles. The van der Waals surface area contributed by atoms with Crippen LogP contribution in [0.4, 0.5) is 15.8 Å². The summed E-state index contributed by atoms with van der Waals surface area (Å²) < 4.78 is 14.6. The van der Waals surface area contributed by atoms with Gasteiger partial charge in [0.15, 0.2) is 0 Å². The third-order valence-corrected chi connectivity index (χ3v) is 8.45. The zero-order valence-corrected chi connectivity index (χ0v) is 26.4. The number of amides is 3. The van der Waals surface area contributed by atoms with Crippen LogP contribution in [-0.4, -0.2) is 17.7 Å². The molecule has 0 aliphatic rings. The molecule has 0 saturated heterocycles. The molecule has 10 heteroatoms. The van der Waals surface area contributed by atoms with Crippen LogP contribution in [0, 0.1) is 5.82 Å². The second kappa shape index (κ2) is 15.4. The van der Waals surface area contributed by atoms with Crippen molar-refractivity contribution in [2.45, 2.75) is 10.1 Å². The number of halogens is 3. The van der Waals surface area contributed by atoms with E-state index in [1.54, 1.807) is 78.9 Å². The van der Waals surface area contributed by atoms with E-state index < -0.39 is 22.9 Å². The molecule has 0 heterocycles. The number of benzene rings is 5. The highest BCUT2D eigenvalue weighted by Crippen LogP contribution is 2.37. The van der Waals surface area contributed by atoms with Crippen molar-refractivity contribution < 1.29 is 18.8 Å². The van der Waals surface area contributed by atoms with Gasteiger partial charge in [0.2, 0.25) is 5.91 Å². The number of carbonyl (C=O) groups excluding carboxylic acids is 3. The van der Waals surface area contributed by atoms with Crippen molar-refractivity contribution in [3.63, 3.8) is 0 Å². The Morgan fingerprint density at radius 1 is 0.717 bits per heavy atom. The molecule has 0 aliphatic heterocycles. The normalized spacial score (nSPS) is 11.8. The van der Waals surface area contributed by atoms with Crippen molar-refractivity contribution in [3.8, 4) is 0 Å². The Morgan fingerprint density at radius 3 is 2.07 bits per heavy atom. The van der Waals surface area contributed by atoms with Gasteiger partial charge in [-0.1, -0.05) is 83.9 Å². The molecule has 1 unspecified atom stereocenters. The van der Waals surface area contributed by atoms with Gasteiger partial charge in [0.05, 0.1) is 5.02 Å². The van der Waals surface area contributed by atoms with Gasteiger partial charge in [-0.2, -0.15) is 0 Å². The molecule has 3 amide bonds.